The van der Waals surface area contributed by atoms with E-state index in [1.165, 1.54) is 6.07 Å². The van der Waals surface area contributed by atoms with E-state index in [1.54, 1.807) is 19.1 Å². The Bertz CT molecular complexity index is 673. The van der Waals surface area contributed by atoms with Crippen LogP contribution in [0.1, 0.15) is 37.3 Å². The molecule has 2 atom stereocenters. The molecular weight excluding hydrogens is 316 g/mol. The summed E-state index contributed by atoms with van der Waals surface area (Å²) in [5, 5.41) is 8.07. The van der Waals surface area contributed by atoms with Crippen molar-refractivity contribution in [2.24, 2.45) is 11.1 Å². The smallest absolute Gasteiger partial charge is 0.238 e. The van der Waals surface area contributed by atoms with Gasteiger partial charge in [-0.3, -0.25) is 4.79 Å². The molecule has 0 spiro atoms. The zero-order valence-corrected chi connectivity index (χ0v) is 14.4. The van der Waals surface area contributed by atoms with Crippen molar-refractivity contribution in [3.05, 3.63) is 29.3 Å². The summed E-state index contributed by atoms with van der Waals surface area (Å²) >= 11 is 0. The van der Waals surface area contributed by atoms with Crippen LogP contribution in [0.25, 0.3) is 0 Å². The molecule has 3 N–H and O–H groups in total. The van der Waals surface area contributed by atoms with E-state index >= 15 is 0 Å². The number of amides is 1. The molecule has 0 bridgehead atoms. The number of carbonyl (C=O) groups is 1. The van der Waals surface area contributed by atoms with Crippen LogP contribution in [0.15, 0.2) is 23.1 Å². The highest BCUT2D eigenvalue weighted by atomic mass is 32.2. The number of hydrogen-bond acceptors (Lipinski definition) is 4. The first-order chi connectivity index (χ1) is 10.8. The molecule has 1 fully saturated rings. The molecular formula is C16H24N2O4S. The fourth-order valence-electron chi connectivity index (χ4n) is 3.00. The lowest BCUT2D eigenvalue weighted by atomic mass is 9.92. The number of rotatable bonds is 5. The van der Waals surface area contributed by atoms with Crippen molar-refractivity contribution in [3.63, 3.8) is 0 Å². The average molecular weight is 340 g/mol. The largest absolute Gasteiger partial charge is 0.377 e. The minimum absolute atomic E-state index is 0.00951. The number of benzene rings is 1. The van der Waals surface area contributed by atoms with Gasteiger partial charge in [0.15, 0.2) is 0 Å². The molecule has 7 heteroatoms. The van der Waals surface area contributed by atoms with E-state index in [4.69, 9.17) is 9.88 Å². The molecule has 1 aromatic carbocycles. The van der Waals surface area contributed by atoms with E-state index < -0.39 is 10.0 Å². The summed E-state index contributed by atoms with van der Waals surface area (Å²) in [4.78, 5) is 12.5. The molecule has 1 saturated heterocycles. The molecule has 0 unspecified atom stereocenters. The van der Waals surface area contributed by atoms with E-state index in [9.17, 15) is 13.2 Å². The monoisotopic (exact) mass is 340 g/mol. The van der Waals surface area contributed by atoms with Gasteiger partial charge in [0.1, 0.15) is 0 Å². The highest BCUT2D eigenvalue weighted by Gasteiger charge is 2.30. The lowest BCUT2D eigenvalue weighted by Gasteiger charge is -2.30. The third-order valence-electron chi connectivity index (χ3n) is 4.19. The van der Waals surface area contributed by atoms with Crippen LogP contribution in [0.5, 0.6) is 0 Å². The number of ether oxygens (including phenoxy) is 1. The maximum absolute atomic E-state index is 12.3. The standard InChI is InChI=1S/C16H24N2O4S/c1-3-14-13(5-4-8-22-14)16(19)18-10-12-6-7-15(11(2)9-12)23(17,20)21/h6-7,9,13-14H,3-5,8,10H2,1-2H3,(H,18,19)(H2,17,20,21)/t13-,14-/m0/s1. The number of sulfonamides is 1. The Balaban J connectivity index is 2.00. The number of aryl methyl sites for hydroxylation is 1. The van der Waals surface area contributed by atoms with Crippen molar-refractivity contribution in [1.29, 1.82) is 0 Å². The first kappa shape index (κ1) is 17.9. The zero-order chi connectivity index (χ0) is 17.0. The molecule has 0 saturated carbocycles. The Morgan fingerprint density at radius 2 is 2.17 bits per heavy atom. The molecule has 2 rings (SSSR count). The van der Waals surface area contributed by atoms with Crippen LogP contribution < -0.4 is 10.5 Å². The Morgan fingerprint density at radius 3 is 2.78 bits per heavy atom. The van der Waals surface area contributed by atoms with Gasteiger partial charge >= 0.3 is 0 Å². The number of nitrogens with two attached hydrogens (primary N) is 1. The molecule has 0 aliphatic carbocycles. The average Bonchev–Trinajstić information content (AvgIpc) is 2.51. The van der Waals surface area contributed by atoms with Crippen molar-refractivity contribution >= 4 is 15.9 Å². The van der Waals surface area contributed by atoms with Crippen molar-refractivity contribution in [1.82, 2.24) is 5.32 Å². The predicted molar refractivity (Wildman–Crippen MR) is 87.2 cm³/mol. The minimum Gasteiger partial charge on any atom is -0.377 e. The molecule has 0 aromatic heterocycles. The third kappa shape index (κ3) is 4.53. The molecule has 0 radical (unpaired) electrons. The Morgan fingerprint density at radius 1 is 1.43 bits per heavy atom. The predicted octanol–water partition coefficient (Wildman–Crippen LogP) is 1.46. The van der Waals surface area contributed by atoms with E-state index in [0.717, 1.165) is 31.4 Å². The van der Waals surface area contributed by atoms with Gasteiger partial charge in [0.2, 0.25) is 15.9 Å². The van der Waals surface area contributed by atoms with Gasteiger partial charge in [-0.25, -0.2) is 13.6 Å². The second kappa shape index (κ2) is 7.42. The van der Waals surface area contributed by atoms with Gasteiger partial charge in [0.05, 0.1) is 16.9 Å². The summed E-state index contributed by atoms with van der Waals surface area (Å²) in [6.45, 7) is 4.78. The number of primary sulfonamides is 1. The topological polar surface area (TPSA) is 98.5 Å². The van der Waals surface area contributed by atoms with Crippen LogP contribution in [0.3, 0.4) is 0 Å². The van der Waals surface area contributed by atoms with E-state index in [2.05, 4.69) is 5.32 Å². The highest BCUT2D eigenvalue weighted by molar-refractivity contribution is 7.89. The number of carbonyl (C=O) groups excluding carboxylic acids is 1. The summed E-state index contributed by atoms with van der Waals surface area (Å²) in [6.07, 6.45) is 2.54. The molecule has 6 nitrogen and oxygen atoms in total. The first-order valence-electron chi connectivity index (χ1n) is 7.84. The quantitative estimate of drug-likeness (QED) is 0.848. The maximum atomic E-state index is 12.3. The zero-order valence-electron chi connectivity index (χ0n) is 13.5. The van der Waals surface area contributed by atoms with Gasteiger partial charge in [0, 0.05) is 13.2 Å². The minimum atomic E-state index is -3.71. The van der Waals surface area contributed by atoms with E-state index in [1.807, 2.05) is 6.92 Å². The fraction of sp³-hybridized carbons (Fsp3) is 0.562. The summed E-state index contributed by atoms with van der Waals surface area (Å²) in [5.41, 5.74) is 1.42. The molecule has 1 aliphatic heterocycles. The fourth-order valence-corrected chi connectivity index (χ4v) is 3.77. The van der Waals surface area contributed by atoms with Crippen molar-refractivity contribution in [3.8, 4) is 0 Å². The van der Waals surface area contributed by atoms with Crippen LogP contribution >= 0.6 is 0 Å². The Labute approximate surface area is 137 Å². The Kier molecular flexibility index (Phi) is 5.78. The van der Waals surface area contributed by atoms with Gasteiger partial charge in [-0.05, 0) is 43.4 Å². The maximum Gasteiger partial charge on any atom is 0.238 e. The molecule has 23 heavy (non-hydrogen) atoms. The summed E-state index contributed by atoms with van der Waals surface area (Å²) < 4.78 is 28.4. The van der Waals surface area contributed by atoms with Crippen LogP contribution in [0.4, 0.5) is 0 Å². The molecule has 1 amide bonds. The van der Waals surface area contributed by atoms with E-state index in [0.29, 0.717) is 12.1 Å². The highest BCUT2D eigenvalue weighted by Crippen LogP contribution is 2.23. The summed E-state index contributed by atoms with van der Waals surface area (Å²) in [5.74, 6) is -0.122. The van der Waals surface area contributed by atoms with Gasteiger partial charge in [0.25, 0.3) is 0 Å². The van der Waals surface area contributed by atoms with Crippen LogP contribution in [0.2, 0.25) is 0 Å². The van der Waals surface area contributed by atoms with Gasteiger partial charge in [-0.2, -0.15) is 0 Å². The number of nitrogens with one attached hydrogen (secondary N) is 1. The normalized spacial score (nSPS) is 21.9. The van der Waals surface area contributed by atoms with E-state index in [-0.39, 0.29) is 22.8 Å². The second-order valence-electron chi connectivity index (χ2n) is 5.93. The molecule has 1 aromatic rings. The second-order valence-corrected chi connectivity index (χ2v) is 7.46. The first-order valence-corrected chi connectivity index (χ1v) is 9.39. The van der Waals surface area contributed by atoms with Crippen LogP contribution in [-0.2, 0) is 26.1 Å². The Hall–Kier alpha value is -1.44. The van der Waals surface area contributed by atoms with Gasteiger partial charge < -0.3 is 10.1 Å². The van der Waals surface area contributed by atoms with Crippen LogP contribution in [0, 0.1) is 12.8 Å². The number of hydrogen-bond donors (Lipinski definition) is 2. The van der Waals surface area contributed by atoms with Crippen molar-refractivity contribution in [2.45, 2.75) is 50.7 Å². The SMILES string of the molecule is CC[C@@H]1OCCC[C@@H]1C(=O)NCc1ccc(S(N)(=O)=O)c(C)c1. The molecule has 1 heterocycles. The van der Waals surface area contributed by atoms with Crippen molar-refractivity contribution < 1.29 is 17.9 Å². The van der Waals surface area contributed by atoms with Gasteiger partial charge in [-0.1, -0.05) is 19.1 Å². The summed E-state index contributed by atoms with van der Waals surface area (Å²) in [6, 6.07) is 4.88. The van der Waals surface area contributed by atoms with Gasteiger partial charge in [-0.15, -0.1) is 0 Å². The lowest BCUT2D eigenvalue weighted by Crippen LogP contribution is -2.41. The molecule has 1 aliphatic rings. The third-order valence-corrected chi connectivity index (χ3v) is 5.26. The van der Waals surface area contributed by atoms with Crippen LogP contribution in [-0.4, -0.2) is 27.0 Å². The van der Waals surface area contributed by atoms with Crippen molar-refractivity contribution in [2.75, 3.05) is 6.61 Å². The molecule has 128 valence electrons. The lowest BCUT2D eigenvalue weighted by molar-refractivity contribution is -0.134. The summed E-state index contributed by atoms with van der Waals surface area (Å²) in [7, 11) is -3.71.